The van der Waals surface area contributed by atoms with E-state index in [0.29, 0.717) is 0 Å². The molecule has 0 spiro atoms. The molecular formula is C9H17NO2S. The monoisotopic (exact) mass is 203 g/mol. The van der Waals surface area contributed by atoms with Gasteiger partial charge in [-0.05, 0) is 25.0 Å². The number of carbonyl (C=O) groups is 1. The number of carboxylic acid groups (broad SMARTS) is 1. The van der Waals surface area contributed by atoms with Crippen molar-refractivity contribution >= 4 is 17.7 Å². The maximum Gasteiger partial charge on any atom is 0.334 e. The second kappa shape index (κ2) is 4.33. The van der Waals surface area contributed by atoms with E-state index in [1.165, 1.54) is 18.2 Å². The highest BCUT2D eigenvalue weighted by molar-refractivity contribution is 8.00. The SMILES string of the molecule is CSC(N)(C(=O)O)C1CCCCC1. The van der Waals surface area contributed by atoms with Gasteiger partial charge in [-0.3, -0.25) is 0 Å². The Morgan fingerprint density at radius 3 is 2.38 bits per heavy atom. The number of hydrogen-bond acceptors (Lipinski definition) is 3. The van der Waals surface area contributed by atoms with Crippen LogP contribution in [0.1, 0.15) is 32.1 Å². The maximum atomic E-state index is 11.0. The average molecular weight is 203 g/mol. The van der Waals surface area contributed by atoms with Crippen molar-refractivity contribution in [2.75, 3.05) is 6.26 Å². The van der Waals surface area contributed by atoms with E-state index in [9.17, 15) is 4.79 Å². The molecule has 1 atom stereocenters. The Hall–Kier alpha value is -0.220. The summed E-state index contributed by atoms with van der Waals surface area (Å²) in [7, 11) is 0. The summed E-state index contributed by atoms with van der Waals surface area (Å²) in [5.74, 6) is -0.722. The summed E-state index contributed by atoms with van der Waals surface area (Å²) < 4.78 is 0. The normalized spacial score (nSPS) is 23.8. The average Bonchev–Trinajstić information content (AvgIpc) is 2.17. The lowest BCUT2D eigenvalue weighted by Crippen LogP contribution is -2.51. The molecule has 0 radical (unpaired) electrons. The molecule has 1 aliphatic carbocycles. The van der Waals surface area contributed by atoms with E-state index in [1.54, 1.807) is 6.26 Å². The summed E-state index contributed by atoms with van der Waals surface area (Å²) in [6, 6.07) is 0. The van der Waals surface area contributed by atoms with Crippen molar-refractivity contribution in [1.82, 2.24) is 0 Å². The van der Waals surface area contributed by atoms with Crippen molar-refractivity contribution in [3.63, 3.8) is 0 Å². The third-order valence-electron chi connectivity index (χ3n) is 2.88. The summed E-state index contributed by atoms with van der Waals surface area (Å²) in [5, 5.41) is 9.04. The molecule has 1 fully saturated rings. The Morgan fingerprint density at radius 1 is 1.46 bits per heavy atom. The summed E-state index contributed by atoms with van der Waals surface area (Å²) in [4.78, 5) is 9.95. The second-order valence-corrected chi connectivity index (χ2v) is 4.72. The third kappa shape index (κ3) is 2.17. The van der Waals surface area contributed by atoms with E-state index < -0.39 is 10.8 Å². The van der Waals surface area contributed by atoms with Crippen LogP contribution in [0.5, 0.6) is 0 Å². The number of nitrogens with two attached hydrogens (primary N) is 1. The first-order chi connectivity index (χ1) is 6.11. The van der Waals surface area contributed by atoms with Gasteiger partial charge in [0.05, 0.1) is 0 Å². The highest BCUT2D eigenvalue weighted by atomic mass is 32.2. The minimum absolute atomic E-state index is 0.147. The van der Waals surface area contributed by atoms with Gasteiger partial charge in [-0.1, -0.05) is 19.3 Å². The van der Waals surface area contributed by atoms with E-state index in [-0.39, 0.29) is 5.92 Å². The molecule has 3 nitrogen and oxygen atoms in total. The van der Waals surface area contributed by atoms with Crippen LogP contribution in [-0.4, -0.2) is 22.2 Å². The minimum Gasteiger partial charge on any atom is -0.479 e. The van der Waals surface area contributed by atoms with Gasteiger partial charge in [0.2, 0.25) is 0 Å². The van der Waals surface area contributed by atoms with Gasteiger partial charge in [0, 0.05) is 0 Å². The summed E-state index contributed by atoms with van der Waals surface area (Å²) in [6.45, 7) is 0. The largest absolute Gasteiger partial charge is 0.479 e. The molecule has 0 aliphatic heterocycles. The first-order valence-electron chi connectivity index (χ1n) is 4.68. The molecule has 1 unspecified atom stereocenters. The standard InChI is InChI=1S/C9H17NO2S/c1-13-9(10,8(11)12)7-5-3-2-4-6-7/h7H,2-6,10H2,1H3,(H,11,12). The van der Waals surface area contributed by atoms with Gasteiger partial charge in [0.25, 0.3) is 0 Å². The van der Waals surface area contributed by atoms with Crippen molar-refractivity contribution in [2.24, 2.45) is 11.7 Å². The number of aliphatic carboxylic acids is 1. The molecule has 1 aliphatic rings. The van der Waals surface area contributed by atoms with E-state index in [4.69, 9.17) is 10.8 Å². The molecule has 0 saturated heterocycles. The predicted octanol–water partition coefficient (Wildman–Crippen LogP) is 1.67. The molecular weight excluding hydrogens is 186 g/mol. The number of carboxylic acids is 1. The lowest BCUT2D eigenvalue weighted by Gasteiger charge is -2.34. The van der Waals surface area contributed by atoms with Crippen molar-refractivity contribution in [3.8, 4) is 0 Å². The Labute approximate surface area is 83.1 Å². The molecule has 0 aromatic rings. The van der Waals surface area contributed by atoms with Gasteiger partial charge in [0.1, 0.15) is 0 Å². The third-order valence-corrected chi connectivity index (χ3v) is 4.07. The zero-order chi connectivity index (χ0) is 9.90. The van der Waals surface area contributed by atoms with Gasteiger partial charge in [-0.25, -0.2) is 4.79 Å². The molecule has 3 N–H and O–H groups in total. The maximum absolute atomic E-state index is 11.0. The van der Waals surface area contributed by atoms with Gasteiger partial charge in [-0.15, -0.1) is 11.8 Å². The van der Waals surface area contributed by atoms with Crippen LogP contribution in [-0.2, 0) is 4.79 Å². The fourth-order valence-electron chi connectivity index (χ4n) is 1.96. The lowest BCUT2D eigenvalue weighted by atomic mass is 9.84. The molecule has 1 saturated carbocycles. The topological polar surface area (TPSA) is 63.3 Å². The van der Waals surface area contributed by atoms with Crippen LogP contribution in [0.3, 0.4) is 0 Å². The molecule has 0 aromatic carbocycles. The van der Waals surface area contributed by atoms with Crippen LogP contribution in [0.4, 0.5) is 0 Å². The van der Waals surface area contributed by atoms with Crippen molar-refractivity contribution in [1.29, 1.82) is 0 Å². The van der Waals surface area contributed by atoms with Crippen molar-refractivity contribution in [3.05, 3.63) is 0 Å². The molecule has 0 aromatic heterocycles. The molecule has 13 heavy (non-hydrogen) atoms. The summed E-state index contributed by atoms with van der Waals surface area (Å²) in [6.07, 6.45) is 7.17. The molecule has 0 bridgehead atoms. The van der Waals surface area contributed by atoms with Crippen LogP contribution in [0.25, 0.3) is 0 Å². The van der Waals surface area contributed by atoms with E-state index in [1.807, 2.05) is 0 Å². The quantitative estimate of drug-likeness (QED) is 0.685. The van der Waals surface area contributed by atoms with Crippen LogP contribution < -0.4 is 5.73 Å². The van der Waals surface area contributed by atoms with Crippen LogP contribution in [0.15, 0.2) is 0 Å². The number of hydrogen-bond donors (Lipinski definition) is 2. The minimum atomic E-state index is -1.06. The number of rotatable bonds is 3. The first kappa shape index (κ1) is 10.9. The molecule has 4 heteroatoms. The van der Waals surface area contributed by atoms with Crippen molar-refractivity contribution < 1.29 is 9.90 Å². The molecule has 0 heterocycles. The summed E-state index contributed by atoms with van der Waals surface area (Å²) >= 11 is 1.27. The summed E-state index contributed by atoms with van der Waals surface area (Å²) in [5.41, 5.74) is 5.88. The second-order valence-electron chi connectivity index (χ2n) is 3.64. The Kier molecular flexibility index (Phi) is 3.62. The highest BCUT2D eigenvalue weighted by Crippen LogP contribution is 2.36. The Bertz CT molecular complexity index is 192. The van der Waals surface area contributed by atoms with E-state index in [2.05, 4.69) is 0 Å². The predicted molar refractivity (Wildman–Crippen MR) is 54.6 cm³/mol. The zero-order valence-corrected chi connectivity index (χ0v) is 8.77. The molecule has 0 amide bonds. The van der Waals surface area contributed by atoms with Crippen LogP contribution in [0, 0.1) is 5.92 Å². The smallest absolute Gasteiger partial charge is 0.334 e. The Balaban J connectivity index is 2.68. The molecule has 76 valence electrons. The number of thioether (sulfide) groups is 1. The Morgan fingerprint density at radius 2 is 2.00 bits per heavy atom. The van der Waals surface area contributed by atoms with Crippen molar-refractivity contribution in [2.45, 2.75) is 37.0 Å². The molecule has 1 rings (SSSR count). The van der Waals surface area contributed by atoms with Gasteiger partial charge in [0.15, 0.2) is 4.87 Å². The van der Waals surface area contributed by atoms with Gasteiger partial charge >= 0.3 is 5.97 Å². The zero-order valence-electron chi connectivity index (χ0n) is 7.95. The van der Waals surface area contributed by atoms with Crippen LogP contribution in [0.2, 0.25) is 0 Å². The van der Waals surface area contributed by atoms with Gasteiger partial charge in [-0.2, -0.15) is 0 Å². The van der Waals surface area contributed by atoms with E-state index in [0.717, 1.165) is 25.7 Å². The first-order valence-corrected chi connectivity index (χ1v) is 5.91. The van der Waals surface area contributed by atoms with Gasteiger partial charge < -0.3 is 10.8 Å². The fourth-order valence-corrected chi connectivity index (χ4v) is 2.70. The van der Waals surface area contributed by atoms with E-state index >= 15 is 0 Å². The highest BCUT2D eigenvalue weighted by Gasteiger charge is 2.41. The van der Waals surface area contributed by atoms with Crippen LogP contribution >= 0.6 is 11.8 Å². The lowest BCUT2D eigenvalue weighted by molar-refractivity contribution is -0.141. The fraction of sp³-hybridized carbons (Fsp3) is 0.889.